The first-order valence-corrected chi connectivity index (χ1v) is 3.95. The van der Waals surface area contributed by atoms with Crippen LogP contribution in [0, 0.1) is 5.82 Å². The van der Waals surface area contributed by atoms with Gasteiger partial charge in [-0.2, -0.15) is 0 Å². The van der Waals surface area contributed by atoms with Gasteiger partial charge in [0.05, 0.1) is 6.20 Å². The highest BCUT2D eigenvalue weighted by Gasteiger charge is 2.05. The Morgan fingerprint density at radius 1 is 1.14 bits per heavy atom. The fourth-order valence-electron chi connectivity index (χ4n) is 1.11. The van der Waals surface area contributed by atoms with Gasteiger partial charge < -0.3 is 5.73 Å². The molecule has 0 saturated heterocycles. The number of hydrogen-bond donors (Lipinski definition) is 1. The Hall–Kier alpha value is -2.04. The number of nitrogens with zero attached hydrogens (tertiary/aromatic N) is 3. The molecule has 0 aromatic carbocycles. The third-order valence-corrected chi connectivity index (χ3v) is 1.70. The highest BCUT2D eigenvalue weighted by atomic mass is 19.1. The van der Waals surface area contributed by atoms with E-state index in [0.717, 1.165) is 6.20 Å². The fraction of sp³-hybridized carbons (Fsp3) is 0. The highest BCUT2D eigenvalue weighted by molar-refractivity contribution is 5.68. The van der Waals surface area contributed by atoms with Crippen molar-refractivity contribution in [3.63, 3.8) is 0 Å². The van der Waals surface area contributed by atoms with Crippen molar-refractivity contribution in [2.24, 2.45) is 0 Å². The van der Waals surface area contributed by atoms with Gasteiger partial charge in [0.1, 0.15) is 17.3 Å². The van der Waals surface area contributed by atoms with E-state index in [2.05, 4.69) is 15.0 Å². The van der Waals surface area contributed by atoms with Gasteiger partial charge in [-0.3, -0.25) is 9.97 Å². The molecule has 2 rings (SSSR count). The van der Waals surface area contributed by atoms with Gasteiger partial charge >= 0.3 is 0 Å². The average molecular weight is 190 g/mol. The predicted molar refractivity (Wildman–Crippen MR) is 49.6 cm³/mol. The number of hydrogen-bond acceptors (Lipinski definition) is 4. The minimum Gasteiger partial charge on any atom is -0.382 e. The summed E-state index contributed by atoms with van der Waals surface area (Å²) in [7, 11) is 0. The standard InChI is InChI=1S/C9H7FN4/c10-7-3-6(4-12-5-7)8-9(11)14-2-1-13-8/h1-5H,(H2,11,14). The average Bonchev–Trinajstić information content (AvgIpc) is 2.18. The van der Waals surface area contributed by atoms with Crippen LogP contribution >= 0.6 is 0 Å². The Labute approximate surface area is 79.7 Å². The first-order chi connectivity index (χ1) is 6.77. The molecule has 0 unspecified atom stereocenters. The van der Waals surface area contributed by atoms with Crippen LogP contribution in [0.3, 0.4) is 0 Å². The molecule has 5 heteroatoms. The number of rotatable bonds is 1. The van der Waals surface area contributed by atoms with Crippen LogP contribution in [-0.4, -0.2) is 15.0 Å². The van der Waals surface area contributed by atoms with Crippen molar-refractivity contribution in [1.29, 1.82) is 0 Å². The molecule has 2 heterocycles. The summed E-state index contributed by atoms with van der Waals surface area (Å²) in [5.41, 5.74) is 6.55. The van der Waals surface area contributed by atoms with Gasteiger partial charge in [0.2, 0.25) is 0 Å². The first-order valence-electron chi connectivity index (χ1n) is 3.95. The van der Waals surface area contributed by atoms with E-state index >= 15 is 0 Å². The van der Waals surface area contributed by atoms with Crippen molar-refractivity contribution in [1.82, 2.24) is 15.0 Å². The van der Waals surface area contributed by atoms with E-state index in [0.29, 0.717) is 11.3 Å². The summed E-state index contributed by atoms with van der Waals surface area (Å²) in [6, 6.07) is 1.31. The third-order valence-electron chi connectivity index (χ3n) is 1.70. The Bertz CT molecular complexity index is 458. The number of nitrogen functional groups attached to an aromatic ring is 1. The van der Waals surface area contributed by atoms with Crippen LogP contribution < -0.4 is 5.73 Å². The normalized spacial score (nSPS) is 10.1. The Kier molecular flexibility index (Phi) is 2.06. The maximum atomic E-state index is 12.8. The summed E-state index contributed by atoms with van der Waals surface area (Å²) in [5.74, 6) is -0.160. The molecule has 0 aliphatic carbocycles. The first kappa shape index (κ1) is 8.55. The molecule has 0 aliphatic heterocycles. The van der Waals surface area contributed by atoms with Gasteiger partial charge in [0, 0.05) is 24.2 Å². The van der Waals surface area contributed by atoms with Crippen molar-refractivity contribution < 1.29 is 4.39 Å². The highest BCUT2D eigenvalue weighted by Crippen LogP contribution is 2.20. The molecule has 0 bridgehead atoms. The summed E-state index contributed by atoms with van der Waals surface area (Å²) in [4.78, 5) is 11.5. The summed E-state index contributed by atoms with van der Waals surface area (Å²) < 4.78 is 12.8. The van der Waals surface area contributed by atoms with E-state index in [9.17, 15) is 4.39 Å². The van der Waals surface area contributed by atoms with E-state index in [1.165, 1.54) is 24.7 Å². The second-order valence-corrected chi connectivity index (χ2v) is 2.68. The molecule has 70 valence electrons. The van der Waals surface area contributed by atoms with Crippen LogP contribution in [0.5, 0.6) is 0 Å². The topological polar surface area (TPSA) is 64.7 Å². The van der Waals surface area contributed by atoms with Crippen LogP contribution in [0.4, 0.5) is 10.2 Å². The Balaban J connectivity index is 2.55. The van der Waals surface area contributed by atoms with Crippen LogP contribution in [-0.2, 0) is 0 Å². The van der Waals surface area contributed by atoms with E-state index in [1.807, 2.05) is 0 Å². The molecule has 0 amide bonds. The van der Waals surface area contributed by atoms with E-state index in [-0.39, 0.29) is 5.82 Å². The van der Waals surface area contributed by atoms with Gasteiger partial charge in [-0.05, 0) is 6.07 Å². The monoisotopic (exact) mass is 190 g/mol. The SMILES string of the molecule is Nc1nccnc1-c1cncc(F)c1. The summed E-state index contributed by atoms with van der Waals surface area (Å²) in [6.07, 6.45) is 5.58. The maximum Gasteiger partial charge on any atom is 0.150 e. The van der Waals surface area contributed by atoms with Crippen LogP contribution in [0.2, 0.25) is 0 Å². The minimum absolute atomic E-state index is 0.264. The van der Waals surface area contributed by atoms with Crippen molar-refractivity contribution in [3.05, 3.63) is 36.7 Å². The molecule has 2 N–H and O–H groups in total. The van der Waals surface area contributed by atoms with Crippen molar-refractivity contribution in [2.75, 3.05) is 5.73 Å². The largest absolute Gasteiger partial charge is 0.382 e. The lowest BCUT2D eigenvalue weighted by molar-refractivity contribution is 0.622. The van der Waals surface area contributed by atoms with E-state index in [1.54, 1.807) is 0 Å². The van der Waals surface area contributed by atoms with Crippen molar-refractivity contribution >= 4 is 5.82 Å². The Morgan fingerprint density at radius 2 is 1.93 bits per heavy atom. The number of nitrogens with two attached hydrogens (primary N) is 1. The number of pyridine rings is 1. The molecule has 2 aromatic rings. The quantitative estimate of drug-likeness (QED) is 0.735. The van der Waals surface area contributed by atoms with E-state index < -0.39 is 5.82 Å². The summed E-state index contributed by atoms with van der Waals surface area (Å²) >= 11 is 0. The molecule has 0 saturated carbocycles. The molecule has 4 nitrogen and oxygen atoms in total. The van der Waals surface area contributed by atoms with Crippen LogP contribution in [0.1, 0.15) is 0 Å². The van der Waals surface area contributed by atoms with Gasteiger partial charge in [-0.15, -0.1) is 0 Å². The molecule has 0 aliphatic rings. The fourth-order valence-corrected chi connectivity index (χ4v) is 1.11. The van der Waals surface area contributed by atoms with Gasteiger partial charge in [-0.1, -0.05) is 0 Å². The zero-order valence-corrected chi connectivity index (χ0v) is 7.18. The predicted octanol–water partition coefficient (Wildman–Crippen LogP) is 1.26. The number of halogens is 1. The van der Waals surface area contributed by atoms with E-state index in [4.69, 9.17) is 5.73 Å². The van der Waals surface area contributed by atoms with Gasteiger partial charge in [0.25, 0.3) is 0 Å². The molecule has 0 fully saturated rings. The molecular formula is C9H7FN4. The molecule has 2 aromatic heterocycles. The molecular weight excluding hydrogens is 183 g/mol. The van der Waals surface area contributed by atoms with Crippen LogP contribution in [0.25, 0.3) is 11.3 Å². The third kappa shape index (κ3) is 1.52. The smallest absolute Gasteiger partial charge is 0.150 e. The second kappa shape index (κ2) is 3.37. The lowest BCUT2D eigenvalue weighted by Gasteiger charge is -2.01. The number of anilines is 1. The maximum absolute atomic E-state index is 12.8. The minimum atomic E-state index is -0.424. The van der Waals surface area contributed by atoms with Gasteiger partial charge in [-0.25, -0.2) is 9.37 Å². The van der Waals surface area contributed by atoms with Crippen molar-refractivity contribution in [2.45, 2.75) is 0 Å². The lowest BCUT2D eigenvalue weighted by Crippen LogP contribution is -1.96. The van der Waals surface area contributed by atoms with Crippen LogP contribution in [0.15, 0.2) is 30.9 Å². The molecule has 14 heavy (non-hydrogen) atoms. The molecule has 0 atom stereocenters. The second-order valence-electron chi connectivity index (χ2n) is 2.68. The summed E-state index contributed by atoms with van der Waals surface area (Å²) in [5, 5.41) is 0. The molecule has 0 radical (unpaired) electrons. The number of aromatic nitrogens is 3. The van der Waals surface area contributed by atoms with Crippen molar-refractivity contribution in [3.8, 4) is 11.3 Å². The molecule has 0 spiro atoms. The zero-order valence-electron chi connectivity index (χ0n) is 7.18. The Morgan fingerprint density at radius 3 is 2.64 bits per heavy atom. The zero-order chi connectivity index (χ0) is 9.97. The lowest BCUT2D eigenvalue weighted by atomic mass is 10.2. The summed E-state index contributed by atoms with van der Waals surface area (Å²) in [6.45, 7) is 0. The van der Waals surface area contributed by atoms with Gasteiger partial charge in [0.15, 0.2) is 0 Å².